The lowest BCUT2D eigenvalue weighted by molar-refractivity contribution is -0.115. The van der Waals surface area contributed by atoms with Gasteiger partial charge in [-0.05, 0) is 35.9 Å². The minimum atomic E-state index is -0.165. The standard InChI is InChI=1S/C17H17N3O2/c1-20(2)15-6-4-3-5-13(15)17(22)18-12-7-8-14-11(9-12)10-16(21)19-14/h3-9H,10H2,1-2H3,(H,18,22)(H,19,21). The number of hydrogen-bond acceptors (Lipinski definition) is 3. The molecule has 0 bridgehead atoms. The van der Waals surface area contributed by atoms with Gasteiger partial charge in [-0.25, -0.2) is 0 Å². The Bertz CT molecular complexity index is 753. The minimum absolute atomic E-state index is 0.0172. The number of nitrogens with zero attached hydrogens (tertiary/aromatic N) is 1. The summed E-state index contributed by atoms with van der Waals surface area (Å²) in [6, 6.07) is 12.9. The molecule has 2 N–H and O–H groups in total. The predicted molar refractivity (Wildman–Crippen MR) is 87.5 cm³/mol. The molecule has 0 atom stereocenters. The van der Waals surface area contributed by atoms with Crippen molar-refractivity contribution >= 4 is 28.9 Å². The first-order valence-corrected chi connectivity index (χ1v) is 7.05. The zero-order valence-corrected chi connectivity index (χ0v) is 12.5. The molecule has 0 spiro atoms. The van der Waals surface area contributed by atoms with Gasteiger partial charge >= 0.3 is 0 Å². The first kappa shape index (κ1) is 14.1. The van der Waals surface area contributed by atoms with Crippen molar-refractivity contribution < 1.29 is 9.59 Å². The predicted octanol–water partition coefficient (Wildman–Crippen LogP) is 2.50. The van der Waals surface area contributed by atoms with E-state index in [0.717, 1.165) is 16.9 Å². The first-order valence-electron chi connectivity index (χ1n) is 7.05. The monoisotopic (exact) mass is 295 g/mol. The smallest absolute Gasteiger partial charge is 0.257 e. The molecule has 0 fully saturated rings. The molecule has 2 amide bonds. The minimum Gasteiger partial charge on any atom is -0.377 e. The molecule has 0 unspecified atom stereocenters. The molecule has 3 rings (SSSR count). The number of fused-ring (bicyclic) bond motifs is 1. The van der Waals surface area contributed by atoms with Gasteiger partial charge < -0.3 is 15.5 Å². The van der Waals surface area contributed by atoms with E-state index in [1.165, 1.54) is 0 Å². The van der Waals surface area contributed by atoms with E-state index in [4.69, 9.17) is 0 Å². The number of nitrogens with one attached hydrogen (secondary N) is 2. The Morgan fingerprint density at radius 2 is 1.95 bits per heavy atom. The summed E-state index contributed by atoms with van der Waals surface area (Å²) < 4.78 is 0. The van der Waals surface area contributed by atoms with E-state index in [2.05, 4.69) is 10.6 Å². The molecule has 112 valence electrons. The molecule has 5 nitrogen and oxygen atoms in total. The second kappa shape index (κ2) is 5.52. The van der Waals surface area contributed by atoms with Crippen LogP contribution in [0.25, 0.3) is 0 Å². The zero-order chi connectivity index (χ0) is 15.7. The molecule has 5 heteroatoms. The van der Waals surface area contributed by atoms with E-state index in [1.54, 1.807) is 12.1 Å². The van der Waals surface area contributed by atoms with Crippen LogP contribution in [0.1, 0.15) is 15.9 Å². The fourth-order valence-corrected chi connectivity index (χ4v) is 2.56. The molecule has 0 radical (unpaired) electrons. The first-order chi connectivity index (χ1) is 10.5. The van der Waals surface area contributed by atoms with Crippen LogP contribution in [0, 0.1) is 0 Å². The van der Waals surface area contributed by atoms with Crippen LogP contribution in [0.2, 0.25) is 0 Å². The van der Waals surface area contributed by atoms with Crippen molar-refractivity contribution in [3.63, 3.8) is 0 Å². The number of para-hydroxylation sites is 1. The zero-order valence-electron chi connectivity index (χ0n) is 12.5. The number of benzene rings is 2. The molecule has 2 aromatic carbocycles. The largest absolute Gasteiger partial charge is 0.377 e. The molecule has 0 saturated carbocycles. The van der Waals surface area contributed by atoms with Gasteiger partial charge in [0.15, 0.2) is 0 Å². The van der Waals surface area contributed by atoms with Gasteiger partial charge in [-0.1, -0.05) is 12.1 Å². The van der Waals surface area contributed by atoms with Crippen molar-refractivity contribution in [2.24, 2.45) is 0 Å². The van der Waals surface area contributed by atoms with Gasteiger partial charge in [0.1, 0.15) is 0 Å². The van der Waals surface area contributed by atoms with E-state index in [1.807, 2.05) is 49.3 Å². The van der Waals surface area contributed by atoms with E-state index in [-0.39, 0.29) is 11.8 Å². The summed E-state index contributed by atoms with van der Waals surface area (Å²) in [5.41, 5.74) is 3.88. The number of rotatable bonds is 3. The lowest BCUT2D eigenvalue weighted by Gasteiger charge is -2.17. The van der Waals surface area contributed by atoms with Crippen molar-refractivity contribution in [1.82, 2.24) is 0 Å². The lowest BCUT2D eigenvalue weighted by Crippen LogP contribution is -2.18. The number of amides is 2. The second-order valence-corrected chi connectivity index (χ2v) is 5.46. The molecule has 1 aliphatic rings. The molecule has 1 aliphatic heterocycles. The van der Waals surface area contributed by atoms with E-state index < -0.39 is 0 Å². The Morgan fingerprint density at radius 3 is 2.73 bits per heavy atom. The average Bonchev–Trinajstić information content (AvgIpc) is 2.86. The Morgan fingerprint density at radius 1 is 1.18 bits per heavy atom. The third kappa shape index (κ3) is 2.65. The van der Waals surface area contributed by atoms with Gasteiger partial charge in [-0.3, -0.25) is 9.59 Å². The van der Waals surface area contributed by atoms with Crippen molar-refractivity contribution in [2.75, 3.05) is 29.6 Å². The fraction of sp³-hybridized carbons (Fsp3) is 0.176. The van der Waals surface area contributed by atoms with Crippen molar-refractivity contribution in [3.8, 4) is 0 Å². The van der Waals surface area contributed by atoms with Crippen LogP contribution < -0.4 is 15.5 Å². The van der Waals surface area contributed by atoms with Crippen LogP contribution in [0.15, 0.2) is 42.5 Å². The van der Waals surface area contributed by atoms with Crippen LogP contribution in [-0.2, 0) is 11.2 Å². The van der Waals surface area contributed by atoms with Gasteiger partial charge in [0.2, 0.25) is 5.91 Å². The number of carbonyl (C=O) groups excluding carboxylic acids is 2. The molecule has 0 aromatic heterocycles. The highest BCUT2D eigenvalue weighted by atomic mass is 16.2. The number of hydrogen-bond donors (Lipinski definition) is 2. The highest BCUT2D eigenvalue weighted by Gasteiger charge is 2.18. The highest BCUT2D eigenvalue weighted by molar-refractivity contribution is 6.08. The molecule has 0 aliphatic carbocycles. The van der Waals surface area contributed by atoms with Gasteiger partial charge in [0, 0.05) is 31.2 Å². The summed E-state index contributed by atoms with van der Waals surface area (Å²) in [6.07, 6.45) is 0.354. The normalized spacial score (nSPS) is 12.5. The van der Waals surface area contributed by atoms with Crippen LogP contribution in [0.3, 0.4) is 0 Å². The maximum atomic E-state index is 12.5. The second-order valence-electron chi connectivity index (χ2n) is 5.46. The molecular formula is C17H17N3O2. The third-order valence-electron chi connectivity index (χ3n) is 3.62. The summed E-state index contributed by atoms with van der Waals surface area (Å²) >= 11 is 0. The van der Waals surface area contributed by atoms with Gasteiger partial charge in [0.05, 0.1) is 12.0 Å². The molecule has 22 heavy (non-hydrogen) atoms. The van der Waals surface area contributed by atoms with Crippen LogP contribution in [-0.4, -0.2) is 25.9 Å². The van der Waals surface area contributed by atoms with Gasteiger partial charge in [-0.15, -0.1) is 0 Å². The van der Waals surface area contributed by atoms with Crippen molar-refractivity contribution in [2.45, 2.75) is 6.42 Å². The quantitative estimate of drug-likeness (QED) is 0.914. The van der Waals surface area contributed by atoms with Crippen molar-refractivity contribution in [3.05, 3.63) is 53.6 Å². The fourth-order valence-electron chi connectivity index (χ4n) is 2.56. The topological polar surface area (TPSA) is 61.4 Å². The number of carbonyl (C=O) groups is 2. The Labute approximate surface area is 128 Å². The third-order valence-corrected chi connectivity index (χ3v) is 3.62. The van der Waals surface area contributed by atoms with Crippen molar-refractivity contribution in [1.29, 1.82) is 0 Å². The molecule has 1 heterocycles. The number of anilines is 3. The summed E-state index contributed by atoms with van der Waals surface area (Å²) in [5, 5.41) is 5.67. The summed E-state index contributed by atoms with van der Waals surface area (Å²) in [4.78, 5) is 25.8. The molecule has 2 aromatic rings. The lowest BCUT2D eigenvalue weighted by atomic mass is 10.1. The summed E-state index contributed by atoms with van der Waals surface area (Å²) in [6.45, 7) is 0. The van der Waals surface area contributed by atoms with Crippen LogP contribution in [0.5, 0.6) is 0 Å². The highest BCUT2D eigenvalue weighted by Crippen LogP contribution is 2.27. The Hall–Kier alpha value is -2.82. The van der Waals surface area contributed by atoms with Crippen LogP contribution in [0.4, 0.5) is 17.1 Å². The summed E-state index contributed by atoms with van der Waals surface area (Å²) in [7, 11) is 3.80. The molecular weight excluding hydrogens is 278 g/mol. The SMILES string of the molecule is CN(C)c1ccccc1C(=O)Nc1ccc2c(c1)CC(=O)N2. The van der Waals surface area contributed by atoms with Gasteiger partial charge in [-0.2, -0.15) is 0 Å². The maximum absolute atomic E-state index is 12.5. The average molecular weight is 295 g/mol. The molecule has 0 saturated heterocycles. The van der Waals surface area contributed by atoms with Crippen LogP contribution >= 0.6 is 0 Å². The van der Waals surface area contributed by atoms with E-state index in [0.29, 0.717) is 17.7 Å². The van der Waals surface area contributed by atoms with Gasteiger partial charge in [0.25, 0.3) is 5.91 Å². The summed E-state index contributed by atoms with van der Waals surface area (Å²) in [5.74, 6) is -0.182. The maximum Gasteiger partial charge on any atom is 0.257 e. The Balaban J connectivity index is 1.84. The van der Waals surface area contributed by atoms with E-state index in [9.17, 15) is 9.59 Å². The van der Waals surface area contributed by atoms with E-state index >= 15 is 0 Å². The Kier molecular flexibility index (Phi) is 3.55.